The van der Waals surface area contributed by atoms with Crippen LogP contribution in [-0.2, 0) is 13.0 Å². The molecule has 2 aromatic heterocycles. The number of halogens is 1. The molecule has 0 spiro atoms. The predicted octanol–water partition coefficient (Wildman–Crippen LogP) is 2.25. The van der Waals surface area contributed by atoms with E-state index in [1.165, 1.54) is 0 Å². The number of carbonyl (C=O) groups is 1. The van der Waals surface area contributed by atoms with Gasteiger partial charge in [0, 0.05) is 24.4 Å². The van der Waals surface area contributed by atoms with E-state index in [2.05, 4.69) is 25.8 Å². The zero-order valence-electron chi connectivity index (χ0n) is 13.2. The number of tetrazole rings is 1. The van der Waals surface area contributed by atoms with Crippen molar-refractivity contribution in [3.63, 3.8) is 0 Å². The van der Waals surface area contributed by atoms with Crippen molar-refractivity contribution >= 4 is 28.4 Å². The molecule has 3 heterocycles. The molecule has 7 nitrogen and oxygen atoms in total. The van der Waals surface area contributed by atoms with Crippen LogP contribution in [0.4, 0.5) is 0 Å². The molecule has 1 atom stereocenters. The highest BCUT2D eigenvalue weighted by molar-refractivity contribution is 6.35. The van der Waals surface area contributed by atoms with Crippen LogP contribution >= 0.6 is 11.6 Å². The monoisotopic (exact) mass is 344 g/mol. The molecular formula is C16H17ClN6O. The number of carbonyl (C=O) groups excluding carboxylic acids is 1. The third-order valence-corrected chi connectivity index (χ3v) is 4.93. The van der Waals surface area contributed by atoms with Crippen molar-refractivity contribution in [2.45, 2.75) is 38.8 Å². The molecule has 1 aliphatic heterocycles. The summed E-state index contributed by atoms with van der Waals surface area (Å²) in [5.74, 6) is 0.774. The second-order valence-corrected chi connectivity index (χ2v) is 6.51. The second kappa shape index (κ2) is 5.90. The number of aromatic nitrogens is 5. The van der Waals surface area contributed by atoms with Crippen LogP contribution in [-0.4, -0.2) is 37.1 Å². The van der Waals surface area contributed by atoms with Crippen molar-refractivity contribution in [1.29, 1.82) is 0 Å². The standard InChI is InChI=1S/C16H17ClN6O/c1-9-11-3-2-4-12(17)15(11)19-14(9)16(24)18-10-5-6-13-20-21-22-23(13)8-7-10/h2-4,10,19H,5-8H2,1H3,(H,18,24). The van der Waals surface area contributed by atoms with E-state index < -0.39 is 0 Å². The Morgan fingerprint density at radius 3 is 3.12 bits per heavy atom. The van der Waals surface area contributed by atoms with E-state index in [1.54, 1.807) is 4.68 Å². The van der Waals surface area contributed by atoms with Gasteiger partial charge in [0.2, 0.25) is 0 Å². The number of nitrogens with zero attached hydrogens (tertiary/aromatic N) is 4. The van der Waals surface area contributed by atoms with E-state index in [4.69, 9.17) is 11.6 Å². The van der Waals surface area contributed by atoms with Gasteiger partial charge in [-0.05, 0) is 41.8 Å². The number of H-pyrrole nitrogens is 1. The molecule has 0 radical (unpaired) electrons. The van der Waals surface area contributed by atoms with E-state index >= 15 is 0 Å². The summed E-state index contributed by atoms with van der Waals surface area (Å²) in [7, 11) is 0. The maximum absolute atomic E-state index is 12.7. The minimum absolute atomic E-state index is 0.0854. The number of rotatable bonds is 2. The van der Waals surface area contributed by atoms with Gasteiger partial charge in [-0.1, -0.05) is 23.7 Å². The third-order valence-electron chi connectivity index (χ3n) is 4.62. The van der Waals surface area contributed by atoms with Gasteiger partial charge in [-0.3, -0.25) is 4.79 Å². The van der Waals surface area contributed by atoms with E-state index in [9.17, 15) is 4.79 Å². The van der Waals surface area contributed by atoms with Gasteiger partial charge >= 0.3 is 0 Å². The van der Waals surface area contributed by atoms with E-state index in [0.29, 0.717) is 17.3 Å². The van der Waals surface area contributed by atoms with Gasteiger partial charge in [-0.2, -0.15) is 0 Å². The summed E-state index contributed by atoms with van der Waals surface area (Å²) in [6, 6.07) is 5.76. The quantitative estimate of drug-likeness (QED) is 0.746. The average Bonchev–Trinajstić information content (AvgIpc) is 3.11. The molecule has 0 saturated carbocycles. The Kier molecular flexibility index (Phi) is 3.72. The molecule has 2 N–H and O–H groups in total. The first-order valence-electron chi connectivity index (χ1n) is 7.96. The predicted molar refractivity (Wildman–Crippen MR) is 90.1 cm³/mol. The zero-order chi connectivity index (χ0) is 16.7. The normalized spacial score (nSPS) is 17.5. The summed E-state index contributed by atoms with van der Waals surface area (Å²) in [4.78, 5) is 15.9. The fourth-order valence-electron chi connectivity index (χ4n) is 3.25. The Morgan fingerprint density at radius 2 is 2.29 bits per heavy atom. The van der Waals surface area contributed by atoms with Gasteiger partial charge in [0.1, 0.15) is 5.69 Å². The number of aromatic amines is 1. The molecule has 0 saturated heterocycles. The average molecular weight is 345 g/mol. The SMILES string of the molecule is Cc1c(C(=O)NC2CCc3nnnn3CC2)[nH]c2c(Cl)cccc12. The van der Waals surface area contributed by atoms with E-state index in [1.807, 2.05) is 25.1 Å². The summed E-state index contributed by atoms with van der Waals surface area (Å²) >= 11 is 6.21. The molecule has 4 rings (SSSR count). The van der Waals surface area contributed by atoms with Crippen molar-refractivity contribution in [2.75, 3.05) is 0 Å². The Labute approximate surface area is 143 Å². The Balaban J connectivity index is 1.53. The molecule has 124 valence electrons. The number of amides is 1. The van der Waals surface area contributed by atoms with Crippen LogP contribution < -0.4 is 5.32 Å². The topological polar surface area (TPSA) is 88.5 Å². The summed E-state index contributed by atoms with van der Waals surface area (Å²) in [5.41, 5.74) is 2.29. The van der Waals surface area contributed by atoms with Crippen LogP contribution in [0.2, 0.25) is 5.02 Å². The first-order chi connectivity index (χ1) is 11.6. The number of fused-ring (bicyclic) bond motifs is 2. The van der Waals surface area contributed by atoms with Gasteiger partial charge in [-0.15, -0.1) is 5.10 Å². The van der Waals surface area contributed by atoms with Gasteiger partial charge in [-0.25, -0.2) is 4.68 Å². The largest absolute Gasteiger partial charge is 0.349 e. The molecule has 0 bridgehead atoms. The summed E-state index contributed by atoms with van der Waals surface area (Å²) in [6.07, 6.45) is 2.39. The van der Waals surface area contributed by atoms with Crippen LogP contribution in [0.3, 0.4) is 0 Å². The number of benzene rings is 1. The lowest BCUT2D eigenvalue weighted by atomic mass is 10.1. The molecule has 1 unspecified atom stereocenters. The fourth-order valence-corrected chi connectivity index (χ4v) is 3.47. The number of aryl methyl sites for hydroxylation is 3. The van der Waals surface area contributed by atoms with Gasteiger partial charge < -0.3 is 10.3 Å². The first-order valence-corrected chi connectivity index (χ1v) is 8.34. The summed E-state index contributed by atoms with van der Waals surface area (Å²) in [6.45, 7) is 2.65. The maximum Gasteiger partial charge on any atom is 0.268 e. The molecular weight excluding hydrogens is 328 g/mol. The molecule has 3 aromatic rings. The van der Waals surface area contributed by atoms with Crippen LogP contribution in [0.25, 0.3) is 10.9 Å². The number of hydrogen-bond donors (Lipinski definition) is 2. The lowest BCUT2D eigenvalue weighted by Gasteiger charge is -2.15. The van der Waals surface area contributed by atoms with Crippen molar-refractivity contribution in [3.8, 4) is 0 Å². The summed E-state index contributed by atoms with van der Waals surface area (Å²) in [5, 5.41) is 16.4. The number of hydrogen-bond acceptors (Lipinski definition) is 4. The number of para-hydroxylation sites is 1. The first kappa shape index (κ1) is 15.1. The van der Waals surface area contributed by atoms with Crippen molar-refractivity contribution in [1.82, 2.24) is 30.5 Å². The third kappa shape index (κ3) is 2.54. The van der Waals surface area contributed by atoms with Crippen molar-refractivity contribution < 1.29 is 4.79 Å². The van der Waals surface area contributed by atoms with Crippen molar-refractivity contribution in [3.05, 3.63) is 40.3 Å². The fraction of sp³-hybridized carbons (Fsp3) is 0.375. The highest BCUT2D eigenvalue weighted by Crippen LogP contribution is 2.27. The minimum Gasteiger partial charge on any atom is -0.349 e. The highest BCUT2D eigenvalue weighted by Gasteiger charge is 2.22. The molecule has 8 heteroatoms. The molecule has 0 aliphatic carbocycles. The van der Waals surface area contributed by atoms with Gasteiger partial charge in [0.05, 0.1) is 10.5 Å². The molecule has 24 heavy (non-hydrogen) atoms. The smallest absolute Gasteiger partial charge is 0.268 e. The maximum atomic E-state index is 12.7. The van der Waals surface area contributed by atoms with Crippen LogP contribution in [0.5, 0.6) is 0 Å². The molecule has 1 amide bonds. The molecule has 1 aromatic carbocycles. The van der Waals surface area contributed by atoms with Crippen LogP contribution in [0.1, 0.15) is 34.7 Å². The second-order valence-electron chi connectivity index (χ2n) is 6.10. The summed E-state index contributed by atoms with van der Waals surface area (Å²) < 4.78 is 1.81. The highest BCUT2D eigenvalue weighted by atomic mass is 35.5. The van der Waals surface area contributed by atoms with Gasteiger partial charge in [0.15, 0.2) is 5.82 Å². The number of nitrogens with one attached hydrogen (secondary N) is 2. The van der Waals surface area contributed by atoms with Crippen LogP contribution in [0.15, 0.2) is 18.2 Å². The molecule has 1 aliphatic rings. The van der Waals surface area contributed by atoms with Crippen LogP contribution in [0, 0.1) is 6.92 Å². The Bertz CT molecular complexity index is 892. The Hall–Kier alpha value is -2.41. The lowest BCUT2D eigenvalue weighted by Crippen LogP contribution is -2.35. The van der Waals surface area contributed by atoms with Gasteiger partial charge in [0.25, 0.3) is 5.91 Å². The Morgan fingerprint density at radius 1 is 1.42 bits per heavy atom. The lowest BCUT2D eigenvalue weighted by molar-refractivity contribution is 0.0928. The zero-order valence-corrected chi connectivity index (χ0v) is 14.0. The minimum atomic E-state index is -0.101. The van der Waals surface area contributed by atoms with E-state index in [-0.39, 0.29) is 11.9 Å². The van der Waals surface area contributed by atoms with E-state index in [0.717, 1.165) is 41.6 Å². The van der Waals surface area contributed by atoms with Crippen molar-refractivity contribution in [2.24, 2.45) is 0 Å². The molecule has 0 fully saturated rings.